The molecule has 15 nitrogen and oxygen atoms in total. The van der Waals surface area contributed by atoms with E-state index in [1.807, 2.05) is 24.3 Å². The molecule has 2 heterocycles. The molecule has 11 aliphatic rings. The van der Waals surface area contributed by atoms with Gasteiger partial charge < -0.3 is 71.8 Å². The number of dihydropyridines is 1. The molecular weight excluding hydrogens is 1000 g/mol. The fraction of sp³-hybridized carbons (Fsp3) is 0.859. The van der Waals surface area contributed by atoms with E-state index in [1.54, 1.807) is 13.8 Å². The first-order valence-corrected chi connectivity index (χ1v) is 31.9. The van der Waals surface area contributed by atoms with Crippen LogP contribution in [0.3, 0.4) is 0 Å². The molecule has 0 amide bonds. The van der Waals surface area contributed by atoms with Crippen molar-refractivity contribution in [2.24, 2.45) is 69.8 Å². The van der Waals surface area contributed by atoms with Crippen LogP contribution in [0.25, 0.3) is 0 Å². The number of aliphatic hydroxyl groups is 9. The fourth-order valence-electron chi connectivity index (χ4n) is 20.5. The largest absolute Gasteiger partial charge is 0.396 e. The van der Waals surface area contributed by atoms with Gasteiger partial charge in [0.2, 0.25) is 0 Å². The van der Waals surface area contributed by atoms with Crippen LogP contribution in [0.1, 0.15) is 188 Å². The van der Waals surface area contributed by atoms with E-state index in [0.717, 1.165) is 81.9 Å². The molecule has 13 N–H and O–H groups in total. The second-order valence-electron chi connectivity index (χ2n) is 28.3. The first-order valence-electron chi connectivity index (χ1n) is 31.9. The van der Waals surface area contributed by atoms with Gasteiger partial charge in [-0.15, -0.1) is 0 Å². The molecule has 0 aromatic heterocycles. The SMILES string of the molecule is CCCC1CCC2OC3C(C(O)CCCC3(O)C(C)(O)C3CCC4(O)C5=C(NCC(C)O)C(=O)C6CC(O)C(O)CC67CC(C6=C(CCCO)NC(N)C=C6)C=CC(O)(CC34C3CCC(CCOC4CCCC4)CC3)C57)C2CC1. The van der Waals surface area contributed by atoms with Crippen LogP contribution >= 0.6 is 0 Å². The highest BCUT2D eigenvalue weighted by molar-refractivity contribution is 6.00. The molecule has 444 valence electrons. The number of carbonyl (C=O) groups excluding carboxylic acids is 1. The Bertz CT molecular complexity index is 2330. The van der Waals surface area contributed by atoms with Gasteiger partial charge in [0.05, 0.1) is 71.4 Å². The Balaban J connectivity index is 1.08. The van der Waals surface area contributed by atoms with Crippen LogP contribution in [0.4, 0.5) is 0 Å². The summed E-state index contributed by atoms with van der Waals surface area (Å²) in [5.41, 5.74) is -1.36. The highest BCUT2D eigenvalue weighted by Gasteiger charge is 2.80. The van der Waals surface area contributed by atoms with E-state index >= 15 is 4.79 Å². The second kappa shape index (κ2) is 22.6. The minimum atomic E-state index is -1.95. The lowest BCUT2D eigenvalue weighted by Crippen LogP contribution is -2.74. The third-order valence-corrected chi connectivity index (χ3v) is 23.9. The molecule has 2 aliphatic heterocycles. The summed E-state index contributed by atoms with van der Waals surface area (Å²) in [6.45, 7) is 6.25. The molecule has 20 atom stereocenters. The second-order valence-corrected chi connectivity index (χ2v) is 28.3. The van der Waals surface area contributed by atoms with Crippen LogP contribution in [0, 0.1) is 64.1 Å². The number of hydrogen-bond acceptors (Lipinski definition) is 15. The van der Waals surface area contributed by atoms with Crippen LogP contribution in [0.15, 0.2) is 46.8 Å². The number of fused-ring (bicyclic) bond motifs is 5. The van der Waals surface area contributed by atoms with Crippen molar-refractivity contribution in [1.29, 1.82) is 0 Å². The number of ketones is 1. The van der Waals surface area contributed by atoms with Crippen molar-refractivity contribution in [1.82, 2.24) is 10.6 Å². The number of carbonyl (C=O) groups is 1. The van der Waals surface area contributed by atoms with Crippen molar-refractivity contribution in [3.05, 3.63) is 46.8 Å². The van der Waals surface area contributed by atoms with Crippen molar-refractivity contribution in [2.75, 3.05) is 19.8 Å². The molecule has 15 heteroatoms. The van der Waals surface area contributed by atoms with E-state index in [1.165, 1.54) is 12.8 Å². The molecule has 0 bridgehead atoms. The Hall–Kier alpha value is -2.25. The van der Waals surface area contributed by atoms with Gasteiger partial charge in [-0.2, -0.15) is 0 Å². The average molecular weight is 1100 g/mol. The van der Waals surface area contributed by atoms with Gasteiger partial charge in [0.1, 0.15) is 5.60 Å². The summed E-state index contributed by atoms with van der Waals surface area (Å²) >= 11 is 0. The zero-order valence-corrected chi connectivity index (χ0v) is 48.0. The van der Waals surface area contributed by atoms with E-state index in [-0.39, 0.29) is 87.5 Å². The summed E-state index contributed by atoms with van der Waals surface area (Å²) in [6.07, 6.45) is 19.7. The van der Waals surface area contributed by atoms with Gasteiger partial charge in [-0.1, -0.05) is 70.1 Å². The maximum Gasteiger partial charge on any atom is 0.182 e. The van der Waals surface area contributed by atoms with Crippen molar-refractivity contribution in [3.8, 4) is 0 Å². The fourth-order valence-corrected chi connectivity index (χ4v) is 20.5. The minimum absolute atomic E-state index is 0.00702. The lowest BCUT2D eigenvalue weighted by Gasteiger charge is -2.69. The predicted octanol–water partition coefficient (Wildman–Crippen LogP) is 6.01. The number of nitrogens with two attached hydrogens (primary N) is 1. The van der Waals surface area contributed by atoms with Crippen LogP contribution in [-0.4, -0.2) is 143 Å². The van der Waals surface area contributed by atoms with Crippen molar-refractivity contribution in [2.45, 2.75) is 259 Å². The Kier molecular flexibility index (Phi) is 16.8. The van der Waals surface area contributed by atoms with E-state index in [2.05, 4.69) is 17.6 Å². The highest BCUT2D eigenvalue weighted by Crippen LogP contribution is 2.77. The summed E-state index contributed by atoms with van der Waals surface area (Å²) in [6, 6.07) is 0. The Morgan fingerprint density at radius 3 is 2.37 bits per heavy atom. The molecule has 0 aromatic carbocycles. The third-order valence-electron chi connectivity index (χ3n) is 23.9. The maximum absolute atomic E-state index is 16.1. The summed E-state index contributed by atoms with van der Waals surface area (Å²) in [5, 5.41) is 122. The molecule has 0 aromatic rings. The molecule has 8 fully saturated rings. The van der Waals surface area contributed by atoms with Crippen LogP contribution in [0.5, 0.6) is 0 Å². The number of allylic oxidation sites excluding steroid dienone is 5. The van der Waals surface area contributed by atoms with E-state index < -0.39 is 99.5 Å². The summed E-state index contributed by atoms with van der Waals surface area (Å²) in [7, 11) is 0. The number of aliphatic hydroxyl groups excluding tert-OH is 5. The smallest absolute Gasteiger partial charge is 0.182 e. The lowest BCUT2D eigenvalue weighted by atomic mass is 9.37. The number of rotatable bonds is 16. The van der Waals surface area contributed by atoms with E-state index in [0.29, 0.717) is 68.6 Å². The van der Waals surface area contributed by atoms with Gasteiger partial charge in [0.15, 0.2) is 5.78 Å². The van der Waals surface area contributed by atoms with Crippen molar-refractivity contribution < 1.29 is 60.2 Å². The lowest BCUT2D eigenvalue weighted by molar-refractivity contribution is -0.276. The topological polar surface area (TPSA) is 268 Å². The number of hydrogen-bond donors (Lipinski definition) is 12. The zero-order chi connectivity index (χ0) is 55.9. The van der Waals surface area contributed by atoms with Gasteiger partial charge in [0, 0.05) is 54.5 Å². The Morgan fingerprint density at radius 1 is 0.899 bits per heavy atom. The first-order chi connectivity index (χ1) is 37.7. The van der Waals surface area contributed by atoms with Crippen molar-refractivity contribution in [3.63, 3.8) is 0 Å². The Morgan fingerprint density at radius 2 is 1.63 bits per heavy atom. The minimum Gasteiger partial charge on any atom is -0.396 e. The van der Waals surface area contributed by atoms with Gasteiger partial charge in [-0.05, 0) is 188 Å². The van der Waals surface area contributed by atoms with E-state index in [9.17, 15) is 46.0 Å². The molecule has 1 saturated heterocycles. The van der Waals surface area contributed by atoms with Crippen LogP contribution in [0.2, 0.25) is 0 Å². The highest BCUT2D eigenvalue weighted by atomic mass is 16.5. The molecule has 20 unspecified atom stereocenters. The van der Waals surface area contributed by atoms with Gasteiger partial charge in [0.25, 0.3) is 0 Å². The number of ether oxygens (including phenoxy) is 2. The monoisotopic (exact) mass is 1100 g/mol. The first kappa shape index (κ1) is 58.5. The molecule has 79 heavy (non-hydrogen) atoms. The third kappa shape index (κ3) is 9.83. The van der Waals surface area contributed by atoms with Crippen molar-refractivity contribution >= 4 is 5.78 Å². The zero-order valence-electron chi connectivity index (χ0n) is 48.0. The molecule has 11 rings (SSSR count). The van der Waals surface area contributed by atoms with Gasteiger partial charge >= 0.3 is 0 Å². The van der Waals surface area contributed by atoms with Crippen LogP contribution in [-0.2, 0) is 14.3 Å². The summed E-state index contributed by atoms with van der Waals surface area (Å²) in [5.74, 6) is -3.20. The summed E-state index contributed by atoms with van der Waals surface area (Å²) in [4.78, 5) is 16.1. The van der Waals surface area contributed by atoms with Gasteiger partial charge in [-0.3, -0.25) is 4.79 Å². The number of Topliss-reactive ketones (excluding diaryl/α,β-unsaturated/α-hetero) is 1. The maximum atomic E-state index is 16.1. The molecule has 1 spiro atoms. The predicted molar refractivity (Wildman–Crippen MR) is 299 cm³/mol. The standard InChI is InChI=1S/C64H101N3O12/c1-4-9-38-16-20-44-50(22-17-38)79-58-53(44)47(70)13-7-27-64(58,77)59(3,74)51-25-29-63(76)54-55(66-35-37(2)69)56(73)45-32-48(71)49(72)34-60(45)33-40(43-21-23-52(65)67-46(43)12-8-30-68)24-28-61(75,57(54)60)36-62(51,63)41-18-14-39(15-19-41)26-31-78-42-10-5-6-11-42/h21,23-24,28,37-42,44-45,47-53,57-58,66-72,74-77H,4-20,22,25-27,29-36,65H2,1-3H3. The summed E-state index contributed by atoms with van der Waals surface area (Å²) < 4.78 is 13.6. The Labute approximate surface area is 470 Å². The van der Waals surface area contributed by atoms with E-state index in [4.69, 9.17) is 15.2 Å². The molecule has 7 saturated carbocycles. The molecule has 0 radical (unpaired) electrons. The molecular formula is C64H101N3O12. The van der Waals surface area contributed by atoms with Crippen LogP contribution < -0.4 is 16.4 Å². The average Bonchev–Trinajstić information content (AvgIpc) is 4.27. The molecule has 9 aliphatic carbocycles. The van der Waals surface area contributed by atoms with Gasteiger partial charge in [-0.25, -0.2) is 0 Å². The normalized spacial score (nSPS) is 47.2. The number of nitrogens with one attached hydrogen (secondary N) is 2. The quantitative estimate of drug-likeness (QED) is 0.0790.